The third-order valence-corrected chi connectivity index (χ3v) is 7.15. The van der Waals surface area contributed by atoms with E-state index in [1.165, 1.54) is 6.07 Å². The van der Waals surface area contributed by atoms with Gasteiger partial charge in [-0.1, -0.05) is 24.3 Å². The van der Waals surface area contributed by atoms with Crippen LogP contribution in [0.25, 0.3) is 11.1 Å². The second-order valence-corrected chi connectivity index (χ2v) is 10.4. The van der Waals surface area contributed by atoms with Gasteiger partial charge in [0, 0.05) is 24.7 Å². The molecule has 0 fully saturated rings. The molecule has 0 saturated carbocycles. The Hall–Kier alpha value is -3.68. The topological polar surface area (TPSA) is 120 Å². The summed E-state index contributed by atoms with van der Waals surface area (Å²) in [6.07, 6.45) is 2.62. The van der Waals surface area contributed by atoms with Gasteiger partial charge in [-0.25, -0.2) is 9.52 Å². The Bertz CT molecular complexity index is 1420. The number of nitrogens with zero attached hydrogens (tertiary/aromatic N) is 4. The van der Waals surface area contributed by atoms with Gasteiger partial charge in [-0.3, -0.25) is 4.68 Å². The number of rotatable bonds is 7. The van der Waals surface area contributed by atoms with Crippen molar-refractivity contribution in [1.82, 2.24) is 19.4 Å². The quantitative estimate of drug-likeness (QED) is 0.521. The molecule has 0 saturated heterocycles. The molecule has 2 aromatic carbocycles. The molecule has 4 rings (SSSR count). The monoisotopic (exact) mass is 492 g/mol. The molecule has 1 aliphatic carbocycles. The maximum absolute atomic E-state index is 13.0. The van der Waals surface area contributed by atoms with Crippen LogP contribution in [0.15, 0.2) is 47.5 Å². The summed E-state index contributed by atoms with van der Waals surface area (Å²) in [6.45, 7) is 2.90. The molecule has 1 aliphatic rings. The van der Waals surface area contributed by atoms with Crippen molar-refractivity contribution in [1.29, 1.82) is 5.26 Å². The van der Waals surface area contributed by atoms with Gasteiger partial charge < -0.3 is 10.2 Å². The summed E-state index contributed by atoms with van der Waals surface area (Å²) in [6, 6.07) is 13.8. The van der Waals surface area contributed by atoms with Gasteiger partial charge in [0.05, 0.1) is 23.0 Å². The molecule has 10 heteroatoms. The predicted molar refractivity (Wildman–Crippen MR) is 133 cm³/mol. The molecular weight excluding hydrogens is 464 g/mol. The summed E-state index contributed by atoms with van der Waals surface area (Å²) in [4.78, 5) is 14.9. The summed E-state index contributed by atoms with van der Waals surface area (Å²) in [7, 11) is -0.417. The number of anilines is 1. The van der Waals surface area contributed by atoms with E-state index in [0.29, 0.717) is 24.3 Å². The normalized spacial score (nSPS) is 12.9. The molecule has 1 aromatic heterocycles. The van der Waals surface area contributed by atoms with E-state index in [9.17, 15) is 18.5 Å². The number of fused-ring (bicyclic) bond motifs is 1. The fourth-order valence-electron chi connectivity index (χ4n) is 4.40. The van der Waals surface area contributed by atoms with Gasteiger partial charge in [0.25, 0.3) is 10.0 Å². The number of nitrogens with one attached hydrogen (secondary N) is 2. The zero-order chi connectivity index (χ0) is 25.2. The molecule has 182 valence electrons. The highest BCUT2D eigenvalue weighted by molar-refractivity contribution is 7.90. The number of nitriles is 1. The van der Waals surface area contributed by atoms with Crippen LogP contribution in [0.4, 0.5) is 10.5 Å². The first-order chi connectivity index (χ1) is 16.7. The zero-order valence-corrected chi connectivity index (χ0v) is 20.8. The zero-order valence-electron chi connectivity index (χ0n) is 20.0. The Labute approximate surface area is 205 Å². The molecule has 9 nitrogen and oxygen atoms in total. The Balaban J connectivity index is 1.64. The van der Waals surface area contributed by atoms with Crippen LogP contribution in [-0.2, 0) is 36.0 Å². The SMILES string of the molecule is CCn1nc(S(=O)(=O)NC(=O)Nc2c(-c3cccc(C#N)c3)ccc3c2CCC3)cc1CN(C)C. The maximum Gasteiger partial charge on any atom is 0.333 e. The Morgan fingerprint density at radius 1 is 1.20 bits per heavy atom. The van der Waals surface area contributed by atoms with Gasteiger partial charge in [0.15, 0.2) is 5.03 Å². The molecule has 0 bridgehead atoms. The molecule has 2 amide bonds. The molecule has 2 N–H and O–H groups in total. The number of benzene rings is 2. The first kappa shape index (κ1) is 24.4. The van der Waals surface area contributed by atoms with Crippen molar-refractivity contribution in [2.75, 3.05) is 19.4 Å². The van der Waals surface area contributed by atoms with Crippen molar-refractivity contribution in [2.24, 2.45) is 0 Å². The van der Waals surface area contributed by atoms with Gasteiger partial charge in [-0.2, -0.15) is 18.8 Å². The lowest BCUT2D eigenvalue weighted by Crippen LogP contribution is -2.35. The molecule has 0 unspecified atom stereocenters. The molecule has 0 atom stereocenters. The molecule has 35 heavy (non-hydrogen) atoms. The van der Waals surface area contributed by atoms with Crippen LogP contribution in [-0.4, -0.2) is 43.2 Å². The number of amides is 2. The number of aryl methyl sites for hydroxylation is 2. The highest BCUT2D eigenvalue weighted by atomic mass is 32.2. The highest BCUT2D eigenvalue weighted by Crippen LogP contribution is 2.37. The Morgan fingerprint density at radius 2 is 2.00 bits per heavy atom. The molecule has 0 spiro atoms. The number of urea groups is 1. The van der Waals surface area contributed by atoms with Crippen LogP contribution in [0.5, 0.6) is 0 Å². The molecule has 1 heterocycles. The van der Waals surface area contributed by atoms with Crippen molar-refractivity contribution >= 4 is 21.7 Å². The van der Waals surface area contributed by atoms with E-state index in [0.717, 1.165) is 47.2 Å². The number of sulfonamides is 1. The van der Waals surface area contributed by atoms with Crippen LogP contribution in [0, 0.1) is 11.3 Å². The van der Waals surface area contributed by atoms with Gasteiger partial charge in [-0.15, -0.1) is 0 Å². The fraction of sp³-hybridized carbons (Fsp3) is 0.320. The molecule has 3 aromatic rings. The van der Waals surface area contributed by atoms with Crippen molar-refractivity contribution in [3.63, 3.8) is 0 Å². The van der Waals surface area contributed by atoms with Crippen LogP contribution in [0.3, 0.4) is 0 Å². The minimum absolute atomic E-state index is 0.202. The van der Waals surface area contributed by atoms with E-state index in [-0.39, 0.29) is 5.03 Å². The van der Waals surface area contributed by atoms with Crippen LogP contribution >= 0.6 is 0 Å². The van der Waals surface area contributed by atoms with E-state index in [1.807, 2.05) is 44.1 Å². The lowest BCUT2D eigenvalue weighted by atomic mass is 9.96. The highest BCUT2D eigenvalue weighted by Gasteiger charge is 2.25. The number of aromatic nitrogens is 2. The second-order valence-electron chi connectivity index (χ2n) is 8.76. The van der Waals surface area contributed by atoms with Crippen LogP contribution in [0.2, 0.25) is 0 Å². The lowest BCUT2D eigenvalue weighted by molar-refractivity contribution is 0.256. The van der Waals surface area contributed by atoms with Crippen molar-refractivity contribution < 1.29 is 13.2 Å². The Morgan fingerprint density at radius 3 is 2.71 bits per heavy atom. The number of carbonyl (C=O) groups is 1. The second kappa shape index (κ2) is 9.90. The average molecular weight is 493 g/mol. The molecule has 0 radical (unpaired) electrons. The van der Waals surface area contributed by atoms with Gasteiger partial charge in [-0.05, 0) is 69.1 Å². The summed E-state index contributed by atoms with van der Waals surface area (Å²) < 4.78 is 29.7. The summed E-state index contributed by atoms with van der Waals surface area (Å²) in [5.74, 6) is 0. The largest absolute Gasteiger partial charge is 0.333 e. The van der Waals surface area contributed by atoms with Crippen LogP contribution < -0.4 is 10.0 Å². The first-order valence-electron chi connectivity index (χ1n) is 11.4. The maximum atomic E-state index is 13.0. The average Bonchev–Trinajstić information content (AvgIpc) is 3.46. The van der Waals surface area contributed by atoms with Gasteiger partial charge in [0.2, 0.25) is 0 Å². The van der Waals surface area contributed by atoms with Crippen molar-refractivity contribution in [3.05, 3.63) is 64.8 Å². The first-order valence-corrected chi connectivity index (χ1v) is 12.9. The van der Waals surface area contributed by atoms with E-state index >= 15 is 0 Å². The van der Waals surface area contributed by atoms with E-state index in [1.54, 1.807) is 22.9 Å². The molecular formula is C25H28N6O3S. The number of hydrogen-bond donors (Lipinski definition) is 2. The smallest absolute Gasteiger partial charge is 0.306 e. The fourth-order valence-corrected chi connectivity index (χ4v) is 5.30. The molecule has 0 aliphatic heterocycles. The van der Waals surface area contributed by atoms with E-state index < -0.39 is 16.1 Å². The van der Waals surface area contributed by atoms with Crippen LogP contribution in [0.1, 0.15) is 35.7 Å². The summed E-state index contributed by atoms with van der Waals surface area (Å²) in [5, 5.41) is 16.1. The Kier molecular flexibility index (Phi) is 6.91. The van der Waals surface area contributed by atoms with Gasteiger partial charge >= 0.3 is 6.03 Å². The van der Waals surface area contributed by atoms with E-state index in [2.05, 4.69) is 21.2 Å². The van der Waals surface area contributed by atoms with Crippen molar-refractivity contribution in [2.45, 2.75) is 44.3 Å². The standard InChI is InChI=1S/C25H28N6O3S/c1-4-31-20(16-30(2)3)14-23(28-31)35(33,34)29-25(32)27-24-21-10-6-8-18(21)11-12-22(24)19-9-5-7-17(13-19)15-26/h5,7,9,11-14H,4,6,8,10,16H2,1-3H3,(H2,27,29,32). The van der Waals surface area contributed by atoms with E-state index in [4.69, 9.17) is 0 Å². The minimum Gasteiger partial charge on any atom is -0.306 e. The third kappa shape index (κ3) is 5.21. The van der Waals surface area contributed by atoms with Crippen molar-refractivity contribution in [3.8, 4) is 17.2 Å². The lowest BCUT2D eigenvalue weighted by Gasteiger charge is -2.16. The number of hydrogen-bond acceptors (Lipinski definition) is 6. The minimum atomic E-state index is -4.18. The third-order valence-electron chi connectivity index (χ3n) is 5.95. The number of carbonyl (C=O) groups excluding carboxylic acids is 1. The van der Waals surface area contributed by atoms with Gasteiger partial charge in [0.1, 0.15) is 0 Å². The predicted octanol–water partition coefficient (Wildman–Crippen LogP) is 3.50. The summed E-state index contributed by atoms with van der Waals surface area (Å²) >= 11 is 0. The summed E-state index contributed by atoms with van der Waals surface area (Å²) in [5.41, 5.74) is 5.42.